The van der Waals surface area contributed by atoms with Crippen LogP contribution in [0.4, 0.5) is 19.0 Å². The van der Waals surface area contributed by atoms with Gasteiger partial charge in [-0.15, -0.1) is 0 Å². The fourth-order valence-electron chi connectivity index (χ4n) is 2.94. The van der Waals surface area contributed by atoms with Crippen molar-refractivity contribution in [2.45, 2.75) is 19.0 Å². The quantitative estimate of drug-likeness (QED) is 0.823. The highest BCUT2D eigenvalue weighted by atomic mass is 19.4. The molecule has 2 aromatic heterocycles. The van der Waals surface area contributed by atoms with E-state index in [0.717, 1.165) is 0 Å². The van der Waals surface area contributed by atoms with Crippen molar-refractivity contribution in [2.75, 3.05) is 25.0 Å². The molecule has 0 aliphatic carbocycles. The number of carbonyl (C=O) groups is 2. The maximum absolute atomic E-state index is 12.6. The third-order valence-electron chi connectivity index (χ3n) is 4.44. The molecule has 0 atom stereocenters. The highest BCUT2D eigenvalue weighted by Gasteiger charge is 2.29. The number of ether oxygens (including phenoxy) is 1. The average molecular weight is 408 g/mol. The van der Waals surface area contributed by atoms with Crippen molar-refractivity contribution in [3.05, 3.63) is 48.3 Å². The smallest absolute Gasteiger partial charge is 0.422 e. The molecule has 0 radical (unpaired) electrons. The van der Waals surface area contributed by atoms with E-state index in [2.05, 4.69) is 20.0 Å². The van der Waals surface area contributed by atoms with Crippen molar-refractivity contribution >= 4 is 17.6 Å². The van der Waals surface area contributed by atoms with Gasteiger partial charge in [-0.25, -0.2) is 9.97 Å². The number of hydrogen-bond acceptors (Lipinski definition) is 5. The molecule has 154 valence electrons. The summed E-state index contributed by atoms with van der Waals surface area (Å²) in [6.07, 6.45) is -0.670. The van der Waals surface area contributed by atoms with Gasteiger partial charge >= 0.3 is 6.18 Å². The van der Waals surface area contributed by atoms with Gasteiger partial charge in [-0.3, -0.25) is 9.59 Å². The number of rotatable bonds is 5. The number of hydrogen-bond donors (Lipinski definition) is 1. The molecule has 0 unspecified atom stereocenters. The first-order valence-electron chi connectivity index (χ1n) is 8.98. The molecule has 7 nitrogen and oxygen atoms in total. The Bertz CT molecular complexity index is 836. The predicted octanol–water partition coefficient (Wildman–Crippen LogP) is 2.91. The third-order valence-corrected chi connectivity index (χ3v) is 4.44. The molecule has 0 saturated carbocycles. The molecular weight excluding hydrogens is 389 g/mol. The number of pyridine rings is 2. The van der Waals surface area contributed by atoms with Crippen molar-refractivity contribution < 1.29 is 27.5 Å². The van der Waals surface area contributed by atoms with E-state index in [0.29, 0.717) is 31.7 Å². The van der Waals surface area contributed by atoms with Crippen molar-refractivity contribution in [3.8, 4) is 5.88 Å². The van der Waals surface area contributed by atoms with Crippen LogP contribution in [0.2, 0.25) is 0 Å². The van der Waals surface area contributed by atoms with Gasteiger partial charge in [0.15, 0.2) is 6.61 Å². The number of nitrogens with zero attached hydrogens (tertiary/aromatic N) is 3. The van der Waals surface area contributed by atoms with E-state index in [9.17, 15) is 22.8 Å². The van der Waals surface area contributed by atoms with Crippen LogP contribution in [0, 0.1) is 5.92 Å². The van der Waals surface area contributed by atoms with Crippen molar-refractivity contribution in [1.82, 2.24) is 14.9 Å². The van der Waals surface area contributed by atoms with Gasteiger partial charge in [0.1, 0.15) is 5.82 Å². The standard InChI is InChI=1S/C19H19F3N4O3/c20-19(21,22)12-29-16-5-4-14(11-24-16)18(28)26-9-6-13(7-10-26)17(27)25-15-3-1-2-8-23-15/h1-5,8,11,13H,6-7,9-10,12H2,(H,23,25,27). The summed E-state index contributed by atoms with van der Waals surface area (Å²) in [6.45, 7) is -0.654. The number of nitrogens with one attached hydrogen (secondary N) is 1. The lowest BCUT2D eigenvalue weighted by Gasteiger charge is -2.31. The third kappa shape index (κ3) is 5.90. The summed E-state index contributed by atoms with van der Waals surface area (Å²) in [4.78, 5) is 34.3. The Morgan fingerprint density at radius 1 is 1.14 bits per heavy atom. The first-order valence-corrected chi connectivity index (χ1v) is 8.98. The van der Waals surface area contributed by atoms with Crippen LogP contribution in [0.25, 0.3) is 0 Å². The SMILES string of the molecule is O=C(Nc1ccccn1)C1CCN(C(=O)c2ccc(OCC(F)(F)F)nc2)CC1. The Morgan fingerprint density at radius 2 is 1.90 bits per heavy atom. The minimum atomic E-state index is -4.45. The molecule has 1 N–H and O–H groups in total. The second-order valence-electron chi connectivity index (χ2n) is 6.56. The van der Waals surface area contributed by atoms with Gasteiger partial charge in [0.2, 0.25) is 11.8 Å². The number of amides is 2. The second-order valence-corrected chi connectivity index (χ2v) is 6.56. The molecule has 29 heavy (non-hydrogen) atoms. The molecule has 0 aromatic carbocycles. The van der Waals surface area contributed by atoms with Gasteiger partial charge in [0.05, 0.1) is 5.56 Å². The summed E-state index contributed by atoms with van der Waals surface area (Å²) in [5.74, 6) is -0.372. The maximum Gasteiger partial charge on any atom is 0.422 e. The average Bonchev–Trinajstić information content (AvgIpc) is 2.72. The number of carbonyl (C=O) groups excluding carboxylic acids is 2. The Labute approximate surface area is 164 Å². The first kappa shape index (κ1) is 20.6. The van der Waals surface area contributed by atoms with E-state index >= 15 is 0 Å². The largest absolute Gasteiger partial charge is 0.468 e. The molecule has 0 bridgehead atoms. The molecule has 0 spiro atoms. The van der Waals surface area contributed by atoms with E-state index in [-0.39, 0.29) is 29.2 Å². The van der Waals surface area contributed by atoms with Crippen LogP contribution >= 0.6 is 0 Å². The molecule has 3 rings (SSSR count). The molecule has 3 heterocycles. The number of aromatic nitrogens is 2. The highest BCUT2D eigenvalue weighted by Crippen LogP contribution is 2.21. The topological polar surface area (TPSA) is 84.4 Å². The summed E-state index contributed by atoms with van der Waals surface area (Å²) in [6, 6.07) is 7.83. The summed E-state index contributed by atoms with van der Waals surface area (Å²) in [7, 11) is 0. The zero-order chi connectivity index (χ0) is 20.9. The number of anilines is 1. The van der Waals surface area contributed by atoms with Crippen LogP contribution in [0.5, 0.6) is 5.88 Å². The Morgan fingerprint density at radius 3 is 2.48 bits per heavy atom. The van der Waals surface area contributed by atoms with Gasteiger partial charge in [-0.05, 0) is 31.0 Å². The summed E-state index contributed by atoms with van der Waals surface area (Å²) >= 11 is 0. The predicted molar refractivity (Wildman–Crippen MR) is 97.3 cm³/mol. The second kappa shape index (κ2) is 8.89. The lowest BCUT2D eigenvalue weighted by atomic mass is 9.95. The number of likely N-dealkylation sites (tertiary alicyclic amines) is 1. The van der Waals surface area contributed by atoms with Crippen LogP contribution in [-0.4, -0.2) is 52.6 Å². The number of halogens is 3. The molecule has 10 heteroatoms. The van der Waals surface area contributed by atoms with Gasteiger partial charge in [-0.2, -0.15) is 13.2 Å². The van der Waals surface area contributed by atoms with E-state index in [1.54, 1.807) is 29.3 Å². The summed E-state index contributed by atoms with van der Waals surface area (Å²) < 4.78 is 41.0. The fourth-order valence-corrected chi connectivity index (χ4v) is 2.94. The zero-order valence-electron chi connectivity index (χ0n) is 15.4. The summed E-state index contributed by atoms with van der Waals surface area (Å²) in [5.41, 5.74) is 0.251. The molecular formula is C19H19F3N4O3. The monoisotopic (exact) mass is 408 g/mol. The van der Waals surface area contributed by atoms with Crippen LogP contribution in [-0.2, 0) is 4.79 Å². The normalized spacial score (nSPS) is 15.1. The van der Waals surface area contributed by atoms with Crippen LogP contribution < -0.4 is 10.1 Å². The molecule has 1 saturated heterocycles. The Kier molecular flexibility index (Phi) is 6.30. The van der Waals surface area contributed by atoms with Crippen molar-refractivity contribution in [3.63, 3.8) is 0 Å². The minimum absolute atomic E-state index is 0.136. The number of piperidine rings is 1. The summed E-state index contributed by atoms with van der Waals surface area (Å²) in [5, 5.41) is 2.76. The lowest BCUT2D eigenvalue weighted by molar-refractivity contribution is -0.154. The van der Waals surface area contributed by atoms with Gasteiger partial charge < -0.3 is 15.0 Å². The Balaban J connectivity index is 1.50. The molecule has 1 aliphatic rings. The Hall–Kier alpha value is -3.17. The zero-order valence-corrected chi connectivity index (χ0v) is 15.4. The lowest BCUT2D eigenvalue weighted by Crippen LogP contribution is -2.41. The van der Waals surface area contributed by atoms with E-state index in [1.165, 1.54) is 18.3 Å². The maximum atomic E-state index is 12.6. The molecule has 2 amide bonds. The minimum Gasteiger partial charge on any atom is -0.468 e. The molecule has 2 aromatic rings. The molecule has 1 fully saturated rings. The van der Waals surface area contributed by atoms with Crippen LogP contribution in [0.15, 0.2) is 42.7 Å². The van der Waals surface area contributed by atoms with Gasteiger partial charge in [-0.1, -0.05) is 6.07 Å². The van der Waals surface area contributed by atoms with E-state index in [4.69, 9.17) is 0 Å². The highest BCUT2D eigenvalue weighted by molar-refractivity contribution is 5.95. The van der Waals surface area contributed by atoms with Crippen LogP contribution in [0.1, 0.15) is 23.2 Å². The van der Waals surface area contributed by atoms with Gasteiger partial charge in [0, 0.05) is 37.5 Å². The van der Waals surface area contributed by atoms with Gasteiger partial charge in [0.25, 0.3) is 5.91 Å². The number of alkyl halides is 3. The fraction of sp³-hybridized carbons (Fsp3) is 0.368. The first-order chi connectivity index (χ1) is 13.8. The van der Waals surface area contributed by atoms with Crippen LogP contribution in [0.3, 0.4) is 0 Å². The van der Waals surface area contributed by atoms with E-state index < -0.39 is 12.8 Å². The van der Waals surface area contributed by atoms with Crippen molar-refractivity contribution in [1.29, 1.82) is 0 Å². The molecule has 1 aliphatic heterocycles. The van der Waals surface area contributed by atoms with Crippen molar-refractivity contribution in [2.24, 2.45) is 5.92 Å². The van der Waals surface area contributed by atoms with E-state index in [1.807, 2.05) is 0 Å².